The second-order valence-electron chi connectivity index (χ2n) is 14.9. The van der Waals surface area contributed by atoms with Gasteiger partial charge in [0.05, 0.1) is 16.4 Å². The normalized spacial score (nSPS) is 13.5. The lowest BCUT2D eigenvalue weighted by atomic mass is 9.68. The topological polar surface area (TPSA) is 17.8 Å². The van der Waals surface area contributed by atoms with E-state index in [9.17, 15) is 0 Å². The zero-order chi connectivity index (χ0) is 35.5. The van der Waals surface area contributed by atoms with Gasteiger partial charge in [0.1, 0.15) is 5.82 Å². The highest BCUT2D eigenvalue weighted by atomic mass is 15.1. The smallest absolute Gasteiger partial charge is 0.114 e. The van der Waals surface area contributed by atoms with Gasteiger partial charge in [0, 0.05) is 12.1 Å². The molecule has 9 aromatic carbocycles. The van der Waals surface area contributed by atoms with Gasteiger partial charge in [-0.05, 0) is 118 Å². The van der Waals surface area contributed by atoms with Crippen LogP contribution in [0.4, 0.5) is 0 Å². The molecule has 2 aliphatic carbocycles. The van der Waals surface area contributed by atoms with Gasteiger partial charge in [-0.1, -0.05) is 153 Å². The van der Waals surface area contributed by atoms with Crippen molar-refractivity contribution in [1.29, 1.82) is 0 Å². The number of aromatic nitrogens is 2. The molecule has 2 nitrogen and oxygen atoms in total. The number of rotatable bonds is 3. The van der Waals surface area contributed by atoms with Crippen molar-refractivity contribution in [3.05, 3.63) is 204 Å². The molecule has 12 rings (SSSR count). The highest BCUT2D eigenvalue weighted by molar-refractivity contribution is 6.21. The Morgan fingerprint density at radius 2 is 1.13 bits per heavy atom. The predicted octanol–water partition coefficient (Wildman–Crippen LogP) is 13.1. The molecular formula is C52H34N2. The van der Waals surface area contributed by atoms with Crippen molar-refractivity contribution in [2.75, 3.05) is 0 Å². The van der Waals surface area contributed by atoms with Gasteiger partial charge in [0.2, 0.25) is 0 Å². The van der Waals surface area contributed by atoms with Crippen LogP contribution in [0.1, 0.15) is 35.0 Å². The molecule has 0 saturated carbocycles. The molecule has 10 aromatic rings. The Bertz CT molecular complexity index is 3170. The molecule has 1 heterocycles. The molecule has 0 aliphatic heterocycles. The Labute approximate surface area is 313 Å². The van der Waals surface area contributed by atoms with Gasteiger partial charge in [-0.25, -0.2) is 4.98 Å². The molecule has 1 aromatic heterocycles. The van der Waals surface area contributed by atoms with Gasteiger partial charge < -0.3 is 0 Å². The van der Waals surface area contributed by atoms with Crippen LogP contribution in [0.3, 0.4) is 0 Å². The zero-order valence-corrected chi connectivity index (χ0v) is 29.8. The summed E-state index contributed by atoms with van der Waals surface area (Å²) in [5, 5.41) is 7.82. The fourth-order valence-corrected chi connectivity index (χ4v) is 10.3. The van der Waals surface area contributed by atoms with Crippen molar-refractivity contribution in [3.63, 3.8) is 0 Å². The highest BCUT2D eigenvalue weighted by Crippen LogP contribution is 2.66. The Hall–Kier alpha value is -6.77. The molecule has 0 saturated heterocycles. The van der Waals surface area contributed by atoms with E-state index in [2.05, 4.69) is 187 Å². The van der Waals surface area contributed by atoms with E-state index in [-0.39, 0.29) is 0 Å². The summed E-state index contributed by atoms with van der Waals surface area (Å²) in [7, 11) is 0. The molecule has 252 valence electrons. The molecular weight excluding hydrogens is 653 g/mol. The van der Waals surface area contributed by atoms with Crippen LogP contribution in [-0.2, 0) is 11.8 Å². The maximum atomic E-state index is 4.97. The quantitative estimate of drug-likeness (QED) is 0.169. The lowest BCUT2D eigenvalue weighted by Crippen LogP contribution is -2.26. The number of hydrogen-bond donors (Lipinski definition) is 0. The minimum Gasteiger partial charge on any atom is -0.296 e. The van der Waals surface area contributed by atoms with Crippen molar-refractivity contribution < 1.29 is 0 Å². The lowest BCUT2D eigenvalue weighted by Gasteiger charge is -2.32. The van der Waals surface area contributed by atoms with Gasteiger partial charge in [-0.2, -0.15) is 0 Å². The summed E-state index contributed by atoms with van der Waals surface area (Å²) < 4.78 is 2.32. The van der Waals surface area contributed by atoms with Crippen molar-refractivity contribution in [2.45, 2.75) is 18.8 Å². The third-order valence-electron chi connectivity index (χ3n) is 12.3. The van der Waals surface area contributed by atoms with Gasteiger partial charge >= 0.3 is 0 Å². The summed E-state index contributed by atoms with van der Waals surface area (Å²) in [5.74, 6) is 1.07. The molecule has 0 fully saturated rings. The SMILES string of the molecule is CCc1nc2ccccc2n1-c1cccc(-c2ccc3c4c(ccc3c2)-c2c(c3ccccc3c3ccccc23)C42c3ccccc3-c3ccccc32)c1. The number of fused-ring (bicyclic) bond motifs is 18. The largest absolute Gasteiger partial charge is 0.296 e. The summed E-state index contributed by atoms with van der Waals surface area (Å²) in [6.07, 6.45) is 0.862. The van der Waals surface area contributed by atoms with E-state index in [0.717, 1.165) is 29.0 Å². The zero-order valence-electron chi connectivity index (χ0n) is 29.8. The van der Waals surface area contributed by atoms with Crippen LogP contribution in [0.15, 0.2) is 176 Å². The van der Waals surface area contributed by atoms with Crippen LogP contribution in [-0.4, -0.2) is 9.55 Å². The molecule has 0 bridgehead atoms. The van der Waals surface area contributed by atoms with Crippen LogP contribution in [0, 0.1) is 0 Å². The Balaban J connectivity index is 1.16. The van der Waals surface area contributed by atoms with Gasteiger partial charge in [0.25, 0.3) is 0 Å². The fraction of sp³-hybridized carbons (Fsp3) is 0.0577. The van der Waals surface area contributed by atoms with E-state index >= 15 is 0 Å². The third kappa shape index (κ3) is 3.72. The Kier molecular flexibility index (Phi) is 6.00. The summed E-state index contributed by atoms with van der Waals surface area (Å²) in [6.45, 7) is 2.18. The van der Waals surface area contributed by atoms with E-state index in [1.165, 1.54) is 88.0 Å². The molecule has 2 aliphatic rings. The predicted molar refractivity (Wildman–Crippen MR) is 225 cm³/mol. The molecule has 0 unspecified atom stereocenters. The standard InChI is InChI=1S/C52H34N2/c1-2-48-53-46-24-11-12-25-47(46)54(48)35-15-13-14-32(31-35)33-26-28-36-34(30-33)27-29-43-49-41-20-5-3-16-37(41)38-17-4-6-21-42(38)51(49)52(50(36)43)44-22-9-7-18-39(44)40-19-8-10-23-45(40)52/h3-31H,2H2,1H3. The number of aryl methyl sites for hydroxylation is 1. The number of imidazole rings is 1. The van der Waals surface area contributed by atoms with Crippen molar-refractivity contribution in [1.82, 2.24) is 9.55 Å². The first kappa shape index (κ1) is 29.8. The average molecular weight is 687 g/mol. The van der Waals surface area contributed by atoms with Crippen molar-refractivity contribution in [2.24, 2.45) is 0 Å². The highest BCUT2D eigenvalue weighted by Gasteiger charge is 2.53. The molecule has 2 heteroatoms. The molecule has 0 N–H and O–H groups in total. The van der Waals surface area contributed by atoms with E-state index < -0.39 is 5.41 Å². The van der Waals surface area contributed by atoms with E-state index in [1.54, 1.807) is 0 Å². The average Bonchev–Trinajstić information content (AvgIpc) is 3.88. The number of para-hydroxylation sites is 2. The molecule has 54 heavy (non-hydrogen) atoms. The van der Waals surface area contributed by atoms with Crippen molar-refractivity contribution in [3.8, 4) is 39.1 Å². The molecule has 0 amide bonds. The number of hydrogen-bond acceptors (Lipinski definition) is 1. The summed E-state index contributed by atoms with van der Waals surface area (Å²) in [4.78, 5) is 4.97. The van der Waals surface area contributed by atoms with Crippen LogP contribution < -0.4 is 0 Å². The second kappa shape index (κ2) is 10.9. The maximum absolute atomic E-state index is 4.97. The van der Waals surface area contributed by atoms with Gasteiger partial charge in [-0.3, -0.25) is 4.57 Å². The summed E-state index contributed by atoms with van der Waals surface area (Å²) in [6, 6.07) is 65.7. The molecule has 0 atom stereocenters. The van der Waals surface area contributed by atoms with Crippen LogP contribution >= 0.6 is 0 Å². The lowest BCUT2D eigenvalue weighted by molar-refractivity contribution is 0.809. The summed E-state index contributed by atoms with van der Waals surface area (Å²) >= 11 is 0. The molecule has 0 radical (unpaired) electrons. The monoisotopic (exact) mass is 686 g/mol. The van der Waals surface area contributed by atoms with Crippen LogP contribution in [0.25, 0.3) is 82.4 Å². The number of benzene rings is 9. The fourth-order valence-electron chi connectivity index (χ4n) is 10.3. The van der Waals surface area contributed by atoms with Gasteiger partial charge in [0.15, 0.2) is 0 Å². The first-order valence-corrected chi connectivity index (χ1v) is 19.0. The Morgan fingerprint density at radius 3 is 1.91 bits per heavy atom. The number of nitrogens with zero attached hydrogens (tertiary/aromatic N) is 2. The second-order valence-corrected chi connectivity index (χ2v) is 14.9. The minimum atomic E-state index is -0.471. The van der Waals surface area contributed by atoms with E-state index in [4.69, 9.17) is 4.98 Å². The summed E-state index contributed by atoms with van der Waals surface area (Å²) in [5.41, 5.74) is 16.1. The maximum Gasteiger partial charge on any atom is 0.114 e. The first-order chi connectivity index (χ1) is 26.8. The minimum absolute atomic E-state index is 0.471. The molecule has 1 spiro atoms. The first-order valence-electron chi connectivity index (χ1n) is 19.0. The van der Waals surface area contributed by atoms with E-state index in [1.807, 2.05) is 0 Å². The van der Waals surface area contributed by atoms with Crippen LogP contribution in [0.5, 0.6) is 0 Å². The Morgan fingerprint density at radius 1 is 0.481 bits per heavy atom. The van der Waals surface area contributed by atoms with Crippen LogP contribution in [0.2, 0.25) is 0 Å². The van der Waals surface area contributed by atoms with E-state index in [0.29, 0.717) is 0 Å². The van der Waals surface area contributed by atoms with Crippen molar-refractivity contribution >= 4 is 43.4 Å². The van der Waals surface area contributed by atoms with Gasteiger partial charge in [-0.15, -0.1) is 0 Å². The third-order valence-corrected chi connectivity index (χ3v) is 12.3.